The van der Waals surface area contributed by atoms with E-state index in [4.69, 9.17) is 11.6 Å². The number of benzene rings is 3. The average molecular weight is 546 g/mol. The third-order valence-electron chi connectivity index (χ3n) is 5.85. The molecule has 0 fully saturated rings. The van der Waals surface area contributed by atoms with Crippen LogP contribution in [0, 0.1) is 12.7 Å². The highest BCUT2D eigenvalue weighted by molar-refractivity contribution is 7.92. The van der Waals surface area contributed by atoms with E-state index in [1.54, 1.807) is 45.0 Å². The largest absolute Gasteiger partial charge is 0.355 e. The molecule has 0 saturated heterocycles. The normalized spacial score (nSPS) is 12.0. The van der Waals surface area contributed by atoms with Crippen molar-refractivity contribution in [2.45, 2.75) is 38.3 Å². The second-order valence-electron chi connectivity index (χ2n) is 8.47. The fourth-order valence-electron chi connectivity index (χ4n) is 3.78. The van der Waals surface area contributed by atoms with Crippen molar-refractivity contribution in [3.8, 4) is 0 Å². The number of amides is 2. The molecule has 7 nitrogen and oxygen atoms in total. The number of likely N-dealkylation sites (N-methyl/N-ethyl adjacent to an activating group) is 1. The van der Waals surface area contributed by atoms with Gasteiger partial charge in [0.1, 0.15) is 18.4 Å². The van der Waals surface area contributed by atoms with Crippen LogP contribution in [0.5, 0.6) is 0 Å². The number of sulfonamides is 1. The number of para-hydroxylation sites is 1. The van der Waals surface area contributed by atoms with E-state index >= 15 is 0 Å². The third kappa shape index (κ3) is 6.87. The van der Waals surface area contributed by atoms with Crippen LogP contribution >= 0.6 is 11.6 Å². The molecular weight excluding hydrogens is 517 g/mol. The van der Waals surface area contributed by atoms with Crippen molar-refractivity contribution in [3.63, 3.8) is 0 Å². The minimum atomic E-state index is -4.18. The molecule has 0 aliphatic carbocycles. The molecular formula is C27H29ClFN3O4S. The van der Waals surface area contributed by atoms with Crippen LogP contribution in [0.1, 0.15) is 25.0 Å². The van der Waals surface area contributed by atoms with E-state index in [2.05, 4.69) is 5.32 Å². The maximum absolute atomic E-state index is 13.7. The number of anilines is 1. The summed E-state index contributed by atoms with van der Waals surface area (Å²) in [6, 6.07) is 17.2. The van der Waals surface area contributed by atoms with Crippen LogP contribution in [0.3, 0.4) is 0 Å². The fraction of sp³-hybridized carbons (Fsp3) is 0.259. The molecule has 0 aromatic heterocycles. The average Bonchev–Trinajstić information content (AvgIpc) is 2.87. The van der Waals surface area contributed by atoms with Crippen molar-refractivity contribution in [3.05, 3.63) is 94.8 Å². The van der Waals surface area contributed by atoms with Gasteiger partial charge in [-0.3, -0.25) is 13.9 Å². The second-order valence-corrected chi connectivity index (χ2v) is 10.8. The number of carbonyl (C=O) groups is 2. The summed E-state index contributed by atoms with van der Waals surface area (Å²) in [6.07, 6.45) is 0. The van der Waals surface area contributed by atoms with Gasteiger partial charge in [-0.15, -0.1) is 0 Å². The van der Waals surface area contributed by atoms with Gasteiger partial charge < -0.3 is 10.2 Å². The maximum atomic E-state index is 13.7. The molecule has 3 aromatic rings. The van der Waals surface area contributed by atoms with Crippen molar-refractivity contribution in [1.82, 2.24) is 10.2 Å². The molecule has 0 saturated carbocycles. The molecule has 0 heterocycles. The van der Waals surface area contributed by atoms with E-state index in [-0.39, 0.29) is 17.3 Å². The summed E-state index contributed by atoms with van der Waals surface area (Å²) in [7, 11) is -4.18. The van der Waals surface area contributed by atoms with Gasteiger partial charge >= 0.3 is 0 Å². The molecule has 37 heavy (non-hydrogen) atoms. The van der Waals surface area contributed by atoms with Gasteiger partial charge in [0.05, 0.1) is 10.6 Å². The minimum absolute atomic E-state index is 0.0139. The third-order valence-corrected chi connectivity index (χ3v) is 7.88. The molecule has 0 spiro atoms. The first kappa shape index (κ1) is 28.1. The van der Waals surface area contributed by atoms with E-state index in [0.29, 0.717) is 28.4 Å². The molecule has 0 unspecified atom stereocenters. The quantitative estimate of drug-likeness (QED) is 0.405. The summed E-state index contributed by atoms with van der Waals surface area (Å²) in [5.74, 6) is -1.41. The zero-order chi connectivity index (χ0) is 27.2. The van der Waals surface area contributed by atoms with E-state index in [9.17, 15) is 22.4 Å². The molecule has 3 aromatic carbocycles. The monoisotopic (exact) mass is 545 g/mol. The summed E-state index contributed by atoms with van der Waals surface area (Å²) < 4.78 is 42.0. The van der Waals surface area contributed by atoms with Crippen molar-refractivity contribution < 1.29 is 22.4 Å². The van der Waals surface area contributed by atoms with Gasteiger partial charge in [-0.25, -0.2) is 12.8 Å². The Labute approximate surface area is 221 Å². The first-order valence-corrected chi connectivity index (χ1v) is 13.5. The molecule has 196 valence electrons. The Morgan fingerprint density at radius 3 is 2.22 bits per heavy atom. The van der Waals surface area contributed by atoms with Crippen LogP contribution in [0.4, 0.5) is 10.1 Å². The zero-order valence-corrected chi connectivity index (χ0v) is 22.4. The highest BCUT2D eigenvalue weighted by atomic mass is 35.5. The predicted molar refractivity (Wildman–Crippen MR) is 142 cm³/mol. The summed E-state index contributed by atoms with van der Waals surface area (Å²) in [5.41, 5.74) is 1.57. The Balaban J connectivity index is 2.03. The number of rotatable bonds is 10. The van der Waals surface area contributed by atoms with E-state index in [1.165, 1.54) is 53.4 Å². The van der Waals surface area contributed by atoms with Crippen LogP contribution in [-0.4, -0.2) is 44.3 Å². The topological polar surface area (TPSA) is 86.8 Å². The van der Waals surface area contributed by atoms with Gasteiger partial charge in [0.15, 0.2) is 0 Å². The number of nitrogens with zero attached hydrogens (tertiary/aromatic N) is 2. The number of halogens is 2. The number of nitrogens with one attached hydrogen (secondary N) is 1. The van der Waals surface area contributed by atoms with Crippen molar-refractivity contribution >= 4 is 39.1 Å². The first-order chi connectivity index (χ1) is 17.5. The van der Waals surface area contributed by atoms with Gasteiger partial charge in [-0.05, 0) is 74.4 Å². The van der Waals surface area contributed by atoms with Crippen molar-refractivity contribution in [2.75, 3.05) is 17.4 Å². The fourth-order valence-corrected chi connectivity index (χ4v) is 5.39. The molecule has 0 radical (unpaired) electrons. The first-order valence-electron chi connectivity index (χ1n) is 11.7. The number of hydrogen-bond acceptors (Lipinski definition) is 4. The Bertz CT molecular complexity index is 1350. The van der Waals surface area contributed by atoms with Crippen LogP contribution in [-0.2, 0) is 26.2 Å². The minimum Gasteiger partial charge on any atom is -0.355 e. The molecule has 10 heteroatoms. The van der Waals surface area contributed by atoms with Crippen molar-refractivity contribution in [1.29, 1.82) is 0 Å². The number of carbonyl (C=O) groups excluding carboxylic acids is 2. The standard InChI is InChI=1S/C27H29ClFN3O4S/c1-4-30-27(34)20(3)31(17-21-9-13-23(29)14-10-21)26(33)18-32(25-8-6-5-7-19(25)2)37(35,36)24-15-11-22(28)12-16-24/h5-16,20H,4,17-18H2,1-3H3,(H,30,34)/t20-/m1/s1. The number of aryl methyl sites for hydroxylation is 1. The lowest BCUT2D eigenvalue weighted by Gasteiger charge is -2.32. The smallest absolute Gasteiger partial charge is 0.264 e. The Hall–Kier alpha value is -3.43. The van der Waals surface area contributed by atoms with E-state index in [0.717, 1.165) is 4.31 Å². The van der Waals surface area contributed by atoms with E-state index < -0.39 is 34.3 Å². The molecule has 0 aliphatic rings. The lowest BCUT2D eigenvalue weighted by atomic mass is 10.1. The van der Waals surface area contributed by atoms with Crippen LogP contribution in [0.2, 0.25) is 5.02 Å². The molecule has 0 aliphatic heterocycles. The molecule has 1 atom stereocenters. The zero-order valence-electron chi connectivity index (χ0n) is 20.8. The van der Waals surface area contributed by atoms with Crippen molar-refractivity contribution in [2.24, 2.45) is 0 Å². The summed E-state index contributed by atoms with van der Waals surface area (Å²) in [4.78, 5) is 27.7. The van der Waals surface area contributed by atoms with Crippen LogP contribution < -0.4 is 9.62 Å². The Morgan fingerprint density at radius 1 is 1.00 bits per heavy atom. The van der Waals surface area contributed by atoms with Crippen LogP contribution in [0.15, 0.2) is 77.7 Å². The Morgan fingerprint density at radius 2 is 1.62 bits per heavy atom. The Kier molecular flexibility index (Phi) is 9.29. The highest BCUT2D eigenvalue weighted by Crippen LogP contribution is 2.28. The van der Waals surface area contributed by atoms with Gasteiger partial charge in [-0.1, -0.05) is 41.9 Å². The number of hydrogen-bond donors (Lipinski definition) is 1. The SMILES string of the molecule is CCNC(=O)[C@@H](C)N(Cc1ccc(F)cc1)C(=O)CN(c1ccccc1C)S(=O)(=O)c1ccc(Cl)cc1. The van der Waals surface area contributed by atoms with Gasteiger partial charge in [0.25, 0.3) is 10.0 Å². The second kappa shape index (κ2) is 12.2. The van der Waals surface area contributed by atoms with E-state index in [1.807, 2.05) is 0 Å². The molecule has 3 rings (SSSR count). The van der Waals surface area contributed by atoms with Gasteiger partial charge in [-0.2, -0.15) is 0 Å². The maximum Gasteiger partial charge on any atom is 0.264 e. The highest BCUT2D eigenvalue weighted by Gasteiger charge is 2.33. The lowest BCUT2D eigenvalue weighted by molar-refractivity contribution is -0.139. The summed E-state index contributed by atoms with van der Waals surface area (Å²) in [6.45, 7) is 4.87. The summed E-state index contributed by atoms with van der Waals surface area (Å²) >= 11 is 5.96. The molecule has 1 N–H and O–H groups in total. The van der Waals surface area contributed by atoms with Crippen LogP contribution in [0.25, 0.3) is 0 Å². The lowest BCUT2D eigenvalue weighted by Crippen LogP contribution is -2.51. The van der Waals surface area contributed by atoms with Gasteiger partial charge in [0, 0.05) is 18.1 Å². The molecule has 0 bridgehead atoms. The predicted octanol–water partition coefficient (Wildman–Crippen LogP) is 4.54. The van der Waals surface area contributed by atoms with Gasteiger partial charge in [0.2, 0.25) is 11.8 Å². The summed E-state index contributed by atoms with van der Waals surface area (Å²) in [5, 5.41) is 3.07. The molecule has 2 amide bonds.